The van der Waals surface area contributed by atoms with Crippen molar-refractivity contribution in [1.29, 1.82) is 0 Å². The molecule has 0 heterocycles. The van der Waals surface area contributed by atoms with E-state index in [1.807, 2.05) is 83.1 Å². The molecule has 0 saturated heterocycles. The Bertz CT molecular complexity index is 1660. The maximum Gasteiger partial charge on any atom is 0 e. The second-order valence-corrected chi connectivity index (χ2v) is 17.8. The Balaban J connectivity index is -0.0000000323. The SMILES string of the molecule is CC.CC.CC.CC.CC.CC.CC1=C(C)C(C)=C(C)C1.CC1=C(C)C(C)=C(C)C1.CC1=CC(C)=C(C)[C@@H]1C.CC1=CC(C)=C(C)[C@H]1C.CC1=C[C@@H](C)C(C)=C1C.CC1=C[C@H](C)C(C)=C1C.[CH3-].[CH3-].[CH3-].[CH3-].[CH3-].[CH3-].[Y].[Y].[Y].[Y].[Y].[Y]. The summed E-state index contributed by atoms with van der Waals surface area (Å²) in [6.07, 6.45) is 11.6. The summed E-state index contributed by atoms with van der Waals surface area (Å²) in [5, 5.41) is 0. The molecule has 0 spiro atoms. The van der Waals surface area contributed by atoms with E-state index >= 15 is 0 Å². The number of hydrogen-bond acceptors (Lipinski definition) is 0. The first-order valence-electron chi connectivity index (χ1n) is 26.9. The second kappa shape index (κ2) is 76.6. The van der Waals surface area contributed by atoms with Gasteiger partial charge in [-0.1, -0.05) is 213 Å². The van der Waals surface area contributed by atoms with Crippen LogP contribution in [0.25, 0.3) is 0 Å². The zero-order valence-corrected chi connectivity index (χ0v) is 78.5. The Hall–Kier alpha value is 3.50. The summed E-state index contributed by atoms with van der Waals surface area (Å²) in [5.74, 6) is 2.77. The van der Waals surface area contributed by atoms with Crippen molar-refractivity contribution in [3.05, 3.63) is 180 Å². The molecule has 0 unspecified atom stereocenters. The van der Waals surface area contributed by atoms with Crippen LogP contribution in [-0.4, -0.2) is 0 Å². The van der Waals surface area contributed by atoms with Gasteiger partial charge in [-0.3, -0.25) is 0 Å². The fourth-order valence-corrected chi connectivity index (χ4v) is 7.69. The van der Waals surface area contributed by atoms with Crippen LogP contribution in [0.3, 0.4) is 0 Å². The van der Waals surface area contributed by atoms with Crippen molar-refractivity contribution in [2.45, 2.75) is 262 Å². The standard InChI is InChI=1S/6C9H14.6C2H6.6CH3.6Y/c6*1-6-5-7(2)9(4)8(6)3;6*1-2;;;;;;;;;;;;/h2*5H2,1-4H3;2*5,8H,1-4H3;2*5-6H,1-4H3;6*1-2H3;6*1H3;;;;;;/q;;;;;;;;;;;;6*-1;;;;;;/t;;2*8-;2*6-;;;;;;;;;;;;;;;;;;/m..1010................../s1. The van der Waals surface area contributed by atoms with Gasteiger partial charge in [-0.05, 0) is 208 Å². The maximum absolute atomic E-state index is 2.32. The molecule has 78 heavy (non-hydrogen) atoms. The molecule has 4 atom stereocenters. The largest absolute Gasteiger partial charge is 0.358 e. The normalized spacial score (nSPS) is 17.6. The van der Waals surface area contributed by atoms with Gasteiger partial charge in [0.15, 0.2) is 0 Å². The molecule has 0 aromatic carbocycles. The first-order valence-corrected chi connectivity index (χ1v) is 26.9. The third-order valence-corrected chi connectivity index (χ3v) is 14.3. The van der Waals surface area contributed by atoms with Gasteiger partial charge in [-0.15, -0.1) is 0 Å². The van der Waals surface area contributed by atoms with Crippen LogP contribution >= 0.6 is 0 Å². The van der Waals surface area contributed by atoms with Crippen molar-refractivity contribution in [2.75, 3.05) is 0 Å². The van der Waals surface area contributed by atoms with Crippen molar-refractivity contribution < 1.29 is 196 Å². The molecule has 0 aromatic rings. The Labute approximate surface area is 652 Å². The van der Waals surface area contributed by atoms with Gasteiger partial charge in [0.2, 0.25) is 0 Å². The summed E-state index contributed by atoms with van der Waals surface area (Å²) in [6, 6.07) is 0. The van der Waals surface area contributed by atoms with E-state index in [1.165, 1.54) is 102 Å². The van der Waals surface area contributed by atoms with Gasteiger partial charge in [-0.25, -0.2) is 0 Å². The Morgan fingerprint density at radius 2 is 0.436 bits per heavy atom. The van der Waals surface area contributed by atoms with E-state index in [1.54, 1.807) is 22.3 Å². The average molecular weight is 1540 g/mol. The molecule has 0 amide bonds. The summed E-state index contributed by atoms with van der Waals surface area (Å²) in [6.45, 7) is 77.1. The van der Waals surface area contributed by atoms with Gasteiger partial charge in [-0.2, -0.15) is 0 Å². The molecule has 6 radical (unpaired) electrons. The molecule has 0 bridgehead atoms. The predicted molar refractivity (Wildman–Crippen MR) is 354 cm³/mol. The zero-order chi connectivity index (χ0) is 54.1. The molecule has 0 fully saturated rings. The van der Waals surface area contributed by atoms with Crippen molar-refractivity contribution in [3.8, 4) is 0 Å². The Morgan fingerprint density at radius 3 is 0.474 bits per heavy atom. The molecule has 6 aliphatic rings. The molecule has 0 nitrogen and oxygen atoms in total. The van der Waals surface area contributed by atoms with Crippen LogP contribution in [0.2, 0.25) is 0 Å². The smallest absolute Gasteiger partial charge is 0 e. The summed E-state index contributed by atoms with van der Waals surface area (Å²) in [5.41, 5.74) is 30.2. The number of hydrogen-bond donors (Lipinski definition) is 0. The van der Waals surface area contributed by atoms with Crippen LogP contribution in [-0.2, 0) is 196 Å². The fraction of sp³-hybridized carbons (Fsp3) is 0.583. The van der Waals surface area contributed by atoms with Gasteiger partial charge >= 0.3 is 0 Å². The average Bonchev–Trinajstić information content (AvgIpc) is 4.01. The van der Waals surface area contributed by atoms with E-state index in [-0.39, 0.29) is 241 Å². The fourth-order valence-electron chi connectivity index (χ4n) is 7.69. The summed E-state index contributed by atoms with van der Waals surface area (Å²) < 4.78 is 0. The van der Waals surface area contributed by atoms with E-state index in [2.05, 4.69) is 190 Å². The minimum Gasteiger partial charge on any atom is -0.358 e. The molecule has 450 valence electrons. The van der Waals surface area contributed by atoms with Gasteiger partial charge in [0.1, 0.15) is 0 Å². The van der Waals surface area contributed by atoms with Crippen LogP contribution in [0.15, 0.2) is 136 Å². The van der Waals surface area contributed by atoms with E-state index < -0.39 is 0 Å². The molecule has 6 aliphatic carbocycles. The third kappa shape index (κ3) is 49.5. The molecule has 0 aromatic heterocycles. The van der Waals surface area contributed by atoms with E-state index in [0.717, 1.165) is 0 Å². The first kappa shape index (κ1) is 131. The molecule has 6 heteroatoms. The molecule has 6 rings (SSSR count). The van der Waals surface area contributed by atoms with Crippen molar-refractivity contribution in [3.63, 3.8) is 0 Å². The predicted octanol–water partition coefficient (Wildman–Crippen LogP) is 26.6. The van der Waals surface area contributed by atoms with Crippen LogP contribution in [0.1, 0.15) is 262 Å². The van der Waals surface area contributed by atoms with Crippen molar-refractivity contribution in [2.24, 2.45) is 23.7 Å². The minimum atomic E-state index is 0. The van der Waals surface area contributed by atoms with E-state index in [9.17, 15) is 0 Å². The molecule has 0 saturated carbocycles. The van der Waals surface area contributed by atoms with E-state index in [4.69, 9.17) is 0 Å². The molecule has 0 aliphatic heterocycles. The second-order valence-electron chi connectivity index (χ2n) is 17.8. The third-order valence-electron chi connectivity index (χ3n) is 14.3. The van der Waals surface area contributed by atoms with Gasteiger partial charge in [0.05, 0.1) is 0 Å². The topological polar surface area (TPSA) is 0 Å². The number of rotatable bonds is 0. The summed E-state index contributed by atoms with van der Waals surface area (Å²) in [4.78, 5) is 0. The van der Waals surface area contributed by atoms with Crippen molar-refractivity contribution >= 4 is 0 Å². The van der Waals surface area contributed by atoms with Crippen LogP contribution in [0, 0.1) is 68.2 Å². The Morgan fingerprint density at radius 1 is 0.269 bits per heavy atom. The maximum atomic E-state index is 2.32. The molecular weight excluding hydrogens is 1400 g/mol. The van der Waals surface area contributed by atoms with Crippen LogP contribution in [0.5, 0.6) is 0 Å². The van der Waals surface area contributed by atoms with Gasteiger partial charge in [0.25, 0.3) is 0 Å². The monoisotopic (exact) mass is 1540 g/mol. The molecule has 0 N–H and O–H groups in total. The quantitative estimate of drug-likeness (QED) is 0.212. The first-order chi connectivity index (χ1) is 30.8. The zero-order valence-electron chi connectivity index (χ0n) is 61.5. The molecular formula is C72H138Y6-6. The van der Waals surface area contributed by atoms with Crippen molar-refractivity contribution in [1.82, 2.24) is 0 Å². The summed E-state index contributed by atoms with van der Waals surface area (Å²) >= 11 is 0. The van der Waals surface area contributed by atoms with Gasteiger partial charge < -0.3 is 44.6 Å². The Kier molecular flexibility index (Phi) is 129. The number of allylic oxidation sites excluding steroid dienone is 24. The van der Waals surface area contributed by atoms with Crippen LogP contribution in [0.4, 0.5) is 0 Å². The minimum absolute atomic E-state index is 0. The van der Waals surface area contributed by atoms with Gasteiger partial charge in [0, 0.05) is 196 Å². The summed E-state index contributed by atoms with van der Waals surface area (Å²) in [7, 11) is 0. The van der Waals surface area contributed by atoms with E-state index in [0.29, 0.717) is 23.7 Å². The van der Waals surface area contributed by atoms with Crippen LogP contribution < -0.4 is 0 Å².